The van der Waals surface area contributed by atoms with Gasteiger partial charge in [-0.2, -0.15) is 0 Å². The smallest absolute Gasteiger partial charge is 0.129 e. The molecule has 2 rings (SSSR count). The van der Waals surface area contributed by atoms with Gasteiger partial charge in [-0.3, -0.25) is 0 Å². The van der Waals surface area contributed by atoms with Gasteiger partial charge in [0.25, 0.3) is 0 Å². The van der Waals surface area contributed by atoms with Gasteiger partial charge in [-0.15, -0.1) is 22.9 Å². The maximum absolute atomic E-state index is 13.8. The first-order valence-corrected chi connectivity index (χ1v) is 7.68. The molecule has 0 aliphatic rings. The molecular weight excluding hydrogens is 390 g/mol. The van der Waals surface area contributed by atoms with Gasteiger partial charge >= 0.3 is 0 Å². The Morgan fingerprint density at radius 2 is 2.00 bits per heavy atom. The molecule has 5 heteroatoms. The van der Waals surface area contributed by atoms with Crippen molar-refractivity contribution in [3.8, 4) is 0 Å². The third kappa shape index (κ3) is 2.92. The maximum atomic E-state index is 13.8. The molecular formula is C12H8Br2ClFS. The Morgan fingerprint density at radius 3 is 2.53 bits per heavy atom. The summed E-state index contributed by atoms with van der Waals surface area (Å²) in [5.41, 5.74) is 1.62. The molecule has 1 aromatic heterocycles. The third-order valence-electron chi connectivity index (χ3n) is 2.36. The molecule has 2 aromatic rings. The summed E-state index contributed by atoms with van der Waals surface area (Å²) in [6, 6.07) is 6.91. The normalized spacial score (nSPS) is 12.8. The molecule has 0 aliphatic heterocycles. The molecule has 1 heterocycles. The first-order chi connectivity index (χ1) is 7.99. The zero-order chi connectivity index (χ0) is 12.6. The average molecular weight is 399 g/mol. The van der Waals surface area contributed by atoms with Crippen LogP contribution in [0.2, 0.25) is 0 Å². The summed E-state index contributed by atoms with van der Waals surface area (Å²) in [6.45, 7) is 1.99. The summed E-state index contributed by atoms with van der Waals surface area (Å²) in [7, 11) is 0. The first-order valence-electron chi connectivity index (χ1n) is 4.84. The topological polar surface area (TPSA) is 0 Å². The standard InChI is InChI=1S/C12H8Br2ClFS/c1-6-4-10(17-12(6)14)11(15)8-3-2-7(13)5-9(8)16/h2-5,11H,1H3. The van der Waals surface area contributed by atoms with Gasteiger partial charge < -0.3 is 0 Å². The lowest BCUT2D eigenvalue weighted by atomic mass is 10.1. The van der Waals surface area contributed by atoms with Crippen LogP contribution in [0.15, 0.2) is 32.5 Å². The van der Waals surface area contributed by atoms with Crippen LogP contribution in [0.5, 0.6) is 0 Å². The number of alkyl halides is 1. The molecule has 90 valence electrons. The predicted octanol–water partition coefficient (Wildman–Crippen LogP) is 6.05. The first kappa shape index (κ1) is 13.5. The van der Waals surface area contributed by atoms with Crippen LogP contribution in [0, 0.1) is 12.7 Å². The van der Waals surface area contributed by atoms with Crippen molar-refractivity contribution in [2.75, 3.05) is 0 Å². The minimum Gasteiger partial charge on any atom is -0.207 e. The zero-order valence-electron chi connectivity index (χ0n) is 8.81. The van der Waals surface area contributed by atoms with E-state index < -0.39 is 5.38 Å². The highest BCUT2D eigenvalue weighted by atomic mass is 79.9. The number of hydrogen-bond acceptors (Lipinski definition) is 1. The third-order valence-corrected chi connectivity index (χ3v) is 5.66. The molecule has 0 fully saturated rings. The fourth-order valence-corrected chi connectivity index (χ4v) is 3.74. The van der Waals surface area contributed by atoms with Crippen LogP contribution in [0.4, 0.5) is 4.39 Å². The minimum absolute atomic E-state index is 0.290. The van der Waals surface area contributed by atoms with Crippen LogP contribution in [-0.2, 0) is 0 Å². The van der Waals surface area contributed by atoms with E-state index in [1.807, 2.05) is 13.0 Å². The quantitative estimate of drug-likeness (QED) is 0.540. The van der Waals surface area contributed by atoms with Gasteiger partial charge in [-0.1, -0.05) is 22.0 Å². The Kier molecular flexibility index (Phi) is 4.29. The minimum atomic E-state index is -0.446. The molecule has 0 amide bonds. The predicted molar refractivity (Wildman–Crippen MR) is 78.6 cm³/mol. The molecule has 1 unspecified atom stereocenters. The molecule has 0 nitrogen and oxygen atoms in total. The molecule has 0 saturated heterocycles. The van der Waals surface area contributed by atoms with Gasteiger partial charge in [0.2, 0.25) is 0 Å². The molecule has 0 saturated carbocycles. The van der Waals surface area contributed by atoms with E-state index in [4.69, 9.17) is 11.6 Å². The van der Waals surface area contributed by atoms with E-state index in [9.17, 15) is 4.39 Å². The summed E-state index contributed by atoms with van der Waals surface area (Å²) >= 11 is 14.5. The lowest BCUT2D eigenvalue weighted by molar-refractivity contribution is 0.612. The van der Waals surface area contributed by atoms with Crippen molar-refractivity contribution in [1.29, 1.82) is 0 Å². The lowest BCUT2D eigenvalue weighted by Gasteiger charge is -2.09. The average Bonchev–Trinajstić information content (AvgIpc) is 2.58. The van der Waals surface area contributed by atoms with Crippen molar-refractivity contribution >= 4 is 54.8 Å². The molecule has 0 spiro atoms. The highest BCUT2D eigenvalue weighted by molar-refractivity contribution is 9.11. The van der Waals surface area contributed by atoms with Crippen molar-refractivity contribution in [2.24, 2.45) is 0 Å². The second kappa shape index (κ2) is 5.39. The van der Waals surface area contributed by atoms with E-state index in [-0.39, 0.29) is 5.82 Å². The zero-order valence-corrected chi connectivity index (χ0v) is 13.6. The van der Waals surface area contributed by atoms with Crippen molar-refractivity contribution in [3.63, 3.8) is 0 Å². The number of benzene rings is 1. The van der Waals surface area contributed by atoms with Crippen LogP contribution in [-0.4, -0.2) is 0 Å². The Bertz CT molecular complexity index is 534. The fraction of sp³-hybridized carbons (Fsp3) is 0.167. The summed E-state index contributed by atoms with van der Waals surface area (Å²) in [5.74, 6) is -0.290. The number of aryl methyl sites for hydroxylation is 1. The second-order valence-corrected chi connectivity index (χ2v) is 7.39. The van der Waals surface area contributed by atoms with Crippen LogP contribution in [0.25, 0.3) is 0 Å². The largest absolute Gasteiger partial charge is 0.207 e. The van der Waals surface area contributed by atoms with Crippen LogP contribution < -0.4 is 0 Å². The van der Waals surface area contributed by atoms with E-state index in [0.717, 1.165) is 14.2 Å². The number of rotatable bonds is 2. The van der Waals surface area contributed by atoms with E-state index in [1.54, 1.807) is 12.1 Å². The van der Waals surface area contributed by atoms with E-state index in [1.165, 1.54) is 17.4 Å². The van der Waals surface area contributed by atoms with Gasteiger partial charge in [0.1, 0.15) is 5.82 Å². The van der Waals surface area contributed by atoms with Crippen molar-refractivity contribution in [3.05, 3.63) is 54.3 Å². The van der Waals surface area contributed by atoms with E-state index >= 15 is 0 Å². The fourth-order valence-electron chi connectivity index (χ4n) is 1.47. The van der Waals surface area contributed by atoms with Gasteiger partial charge in [-0.05, 0) is 46.6 Å². The Labute approximate surface area is 125 Å². The monoisotopic (exact) mass is 396 g/mol. The summed E-state index contributed by atoms with van der Waals surface area (Å²) in [4.78, 5) is 0.942. The lowest BCUT2D eigenvalue weighted by Crippen LogP contribution is -1.94. The van der Waals surface area contributed by atoms with Crippen molar-refractivity contribution < 1.29 is 4.39 Å². The number of hydrogen-bond donors (Lipinski definition) is 0. The second-order valence-electron chi connectivity index (χ2n) is 3.63. The highest BCUT2D eigenvalue weighted by Gasteiger charge is 2.18. The summed E-state index contributed by atoms with van der Waals surface area (Å²) < 4.78 is 15.5. The SMILES string of the molecule is Cc1cc(C(Cl)c2ccc(Br)cc2F)sc1Br. The molecule has 1 atom stereocenters. The molecule has 0 bridgehead atoms. The molecule has 0 N–H and O–H groups in total. The molecule has 0 aliphatic carbocycles. The Morgan fingerprint density at radius 1 is 1.29 bits per heavy atom. The van der Waals surface area contributed by atoms with Crippen LogP contribution >= 0.6 is 54.8 Å². The number of halogens is 4. The molecule has 17 heavy (non-hydrogen) atoms. The Hall–Kier alpha value is 0.1000. The summed E-state index contributed by atoms with van der Waals surface area (Å²) in [5, 5.41) is -0.446. The van der Waals surface area contributed by atoms with Crippen LogP contribution in [0.3, 0.4) is 0 Å². The van der Waals surface area contributed by atoms with E-state index in [2.05, 4.69) is 31.9 Å². The van der Waals surface area contributed by atoms with Crippen molar-refractivity contribution in [1.82, 2.24) is 0 Å². The maximum Gasteiger partial charge on any atom is 0.129 e. The highest BCUT2D eigenvalue weighted by Crippen LogP contribution is 2.39. The van der Waals surface area contributed by atoms with Gasteiger partial charge in [0, 0.05) is 14.9 Å². The van der Waals surface area contributed by atoms with E-state index in [0.29, 0.717) is 10.0 Å². The summed E-state index contributed by atoms with van der Waals surface area (Å²) in [6.07, 6.45) is 0. The van der Waals surface area contributed by atoms with Crippen molar-refractivity contribution in [2.45, 2.75) is 12.3 Å². The van der Waals surface area contributed by atoms with Gasteiger partial charge in [0.15, 0.2) is 0 Å². The number of thiophene rings is 1. The van der Waals surface area contributed by atoms with Crippen LogP contribution in [0.1, 0.15) is 21.4 Å². The van der Waals surface area contributed by atoms with Gasteiger partial charge in [-0.25, -0.2) is 4.39 Å². The molecule has 0 radical (unpaired) electrons. The Balaban J connectivity index is 2.39. The van der Waals surface area contributed by atoms with Gasteiger partial charge in [0.05, 0.1) is 9.16 Å². The molecule has 1 aromatic carbocycles.